The zero-order valence-corrected chi connectivity index (χ0v) is 19.1. The summed E-state index contributed by atoms with van der Waals surface area (Å²) in [4.78, 5) is 8.74. The number of aromatic nitrogens is 4. The molecule has 10 heteroatoms. The van der Waals surface area contributed by atoms with Crippen molar-refractivity contribution in [2.45, 2.75) is 32.9 Å². The highest BCUT2D eigenvalue weighted by Gasteiger charge is 2.29. The summed E-state index contributed by atoms with van der Waals surface area (Å²) in [5.74, 6) is 0.897. The summed E-state index contributed by atoms with van der Waals surface area (Å²) in [6, 6.07) is 12.6. The van der Waals surface area contributed by atoms with E-state index >= 15 is 0 Å². The van der Waals surface area contributed by atoms with Gasteiger partial charge in [0.25, 0.3) is 0 Å². The van der Waals surface area contributed by atoms with Gasteiger partial charge in [0.1, 0.15) is 5.75 Å². The Morgan fingerprint density at radius 1 is 1.09 bits per heavy atom. The van der Waals surface area contributed by atoms with E-state index in [1.54, 1.807) is 25.4 Å². The van der Waals surface area contributed by atoms with Crippen LogP contribution < -0.4 is 14.8 Å². The number of ether oxygens (including phenoxy) is 2. The van der Waals surface area contributed by atoms with E-state index < -0.39 is 12.8 Å². The molecular formula is C24H24F3N5O2. The number of nitrogens with zero attached hydrogens (tertiary/aromatic N) is 4. The van der Waals surface area contributed by atoms with Crippen LogP contribution in [0.3, 0.4) is 0 Å². The van der Waals surface area contributed by atoms with Gasteiger partial charge < -0.3 is 14.8 Å². The Kier molecular flexibility index (Phi) is 6.32. The third-order valence-corrected chi connectivity index (χ3v) is 5.15. The topological polar surface area (TPSA) is 73.6 Å². The Bertz CT molecular complexity index is 1320. The summed E-state index contributed by atoms with van der Waals surface area (Å²) >= 11 is 0. The van der Waals surface area contributed by atoms with Crippen molar-refractivity contribution in [3.05, 3.63) is 59.9 Å². The van der Waals surface area contributed by atoms with E-state index in [1.165, 1.54) is 10.6 Å². The molecule has 0 unspecified atom stereocenters. The molecule has 0 bridgehead atoms. The van der Waals surface area contributed by atoms with Crippen molar-refractivity contribution in [3.63, 3.8) is 0 Å². The SMILES string of the molecule is COc1cc(Nc2nc3c(C(C)C)ccc(OCC(F)(F)F)n3n2)ccc1-c1ccnc(C)c1. The van der Waals surface area contributed by atoms with Crippen LogP contribution in [-0.2, 0) is 0 Å². The van der Waals surface area contributed by atoms with Gasteiger partial charge in [-0.3, -0.25) is 4.98 Å². The number of pyridine rings is 2. The highest BCUT2D eigenvalue weighted by atomic mass is 19.4. The van der Waals surface area contributed by atoms with E-state index in [9.17, 15) is 13.2 Å². The molecule has 0 amide bonds. The van der Waals surface area contributed by atoms with E-state index in [-0.39, 0.29) is 17.7 Å². The van der Waals surface area contributed by atoms with Crippen molar-refractivity contribution < 1.29 is 22.6 Å². The van der Waals surface area contributed by atoms with Crippen LogP contribution >= 0.6 is 0 Å². The fourth-order valence-corrected chi connectivity index (χ4v) is 3.58. The maximum Gasteiger partial charge on any atom is 0.422 e. The fourth-order valence-electron chi connectivity index (χ4n) is 3.58. The summed E-state index contributed by atoms with van der Waals surface area (Å²) in [5, 5.41) is 7.46. The fraction of sp³-hybridized carbons (Fsp3) is 0.292. The molecule has 0 saturated carbocycles. The van der Waals surface area contributed by atoms with Crippen LogP contribution in [0.2, 0.25) is 0 Å². The standard InChI is InChI=1S/C24H24F3N5O2/c1-14(2)18-7-8-21(34-13-24(25,26)27)32-22(18)30-23(31-32)29-17-5-6-19(20(12-17)33-4)16-9-10-28-15(3)11-16/h5-12,14H,13H2,1-4H3,(H,29,31). The third kappa shape index (κ3) is 5.05. The van der Waals surface area contributed by atoms with Crippen LogP contribution in [0.1, 0.15) is 31.0 Å². The second-order valence-corrected chi connectivity index (χ2v) is 8.08. The summed E-state index contributed by atoms with van der Waals surface area (Å²) in [6.45, 7) is 4.44. The number of alkyl halides is 3. The molecular weight excluding hydrogens is 447 g/mol. The van der Waals surface area contributed by atoms with Crippen molar-refractivity contribution in [3.8, 4) is 22.8 Å². The van der Waals surface area contributed by atoms with Gasteiger partial charge in [-0.2, -0.15) is 22.7 Å². The second-order valence-electron chi connectivity index (χ2n) is 8.08. The molecule has 0 aliphatic rings. The molecule has 3 heterocycles. The summed E-state index contributed by atoms with van der Waals surface area (Å²) in [7, 11) is 1.58. The van der Waals surface area contributed by atoms with Gasteiger partial charge in [0, 0.05) is 35.3 Å². The number of halogens is 3. The molecule has 4 rings (SSSR count). The molecule has 0 spiro atoms. The van der Waals surface area contributed by atoms with Gasteiger partial charge in [-0.05, 0) is 54.3 Å². The minimum atomic E-state index is -4.46. The Morgan fingerprint density at radius 3 is 2.56 bits per heavy atom. The van der Waals surface area contributed by atoms with Gasteiger partial charge in [-0.15, -0.1) is 5.10 Å². The maximum absolute atomic E-state index is 12.7. The number of methoxy groups -OCH3 is 1. The molecule has 4 aromatic rings. The highest BCUT2D eigenvalue weighted by Crippen LogP contribution is 2.34. The summed E-state index contributed by atoms with van der Waals surface area (Å²) in [6.07, 6.45) is -2.72. The van der Waals surface area contributed by atoms with E-state index in [0.29, 0.717) is 17.1 Å². The van der Waals surface area contributed by atoms with Gasteiger partial charge in [0.05, 0.1) is 7.11 Å². The molecule has 0 aliphatic heterocycles. The van der Waals surface area contributed by atoms with Gasteiger partial charge in [0.2, 0.25) is 11.8 Å². The van der Waals surface area contributed by atoms with Crippen molar-refractivity contribution in [1.82, 2.24) is 19.6 Å². The average Bonchev–Trinajstić information content (AvgIpc) is 3.20. The van der Waals surface area contributed by atoms with Crippen molar-refractivity contribution in [1.29, 1.82) is 0 Å². The van der Waals surface area contributed by atoms with Crippen molar-refractivity contribution >= 4 is 17.3 Å². The normalized spacial score (nSPS) is 11.8. The van der Waals surface area contributed by atoms with Crippen LogP contribution in [0.4, 0.5) is 24.8 Å². The van der Waals surface area contributed by atoms with E-state index in [2.05, 4.69) is 20.4 Å². The zero-order valence-electron chi connectivity index (χ0n) is 19.1. The smallest absolute Gasteiger partial charge is 0.422 e. The van der Waals surface area contributed by atoms with Crippen LogP contribution in [0.25, 0.3) is 16.8 Å². The lowest BCUT2D eigenvalue weighted by atomic mass is 10.0. The molecule has 0 atom stereocenters. The summed E-state index contributed by atoms with van der Waals surface area (Å²) in [5.41, 5.74) is 4.67. The van der Waals surface area contributed by atoms with Crippen molar-refractivity contribution in [2.75, 3.05) is 19.0 Å². The Hall–Kier alpha value is -3.82. The number of fused-ring (bicyclic) bond motifs is 1. The predicted octanol–water partition coefficient (Wildman–Crippen LogP) is 5.92. The zero-order chi connectivity index (χ0) is 24.5. The minimum Gasteiger partial charge on any atom is -0.496 e. The molecule has 1 aromatic carbocycles. The molecule has 0 fully saturated rings. The Balaban J connectivity index is 1.68. The molecule has 178 valence electrons. The van der Waals surface area contributed by atoms with Crippen LogP contribution in [0.15, 0.2) is 48.7 Å². The Morgan fingerprint density at radius 2 is 1.88 bits per heavy atom. The monoisotopic (exact) mass is 471 g/mol. The number of nitrogens with one attached hydrogen (secondary N) is 1. The van der Waals surface area contributed by atoms with E-state index in [4.69, 9.17) is 9.47 Å². The van der Waals surface area contributed by atoms with E-state index in [1.807, 2.05) is 45.0 Å². The first-order chi connectivity index (χ1) is 16.1. The predicted molar refractivity (Wildman–Crippen MR) is 123 cm³/mol. The molecule has 3 aromatic heterocycles. The van der Waals surface area contributed by atoms with Gasteiger partial charge >= 0.3 is 6.18 Å². The largest absolute Gasteiger partial charge is 0.496 e. The third-order valence-electron chi connectivity index (χ3n) is 5.15. The quantitative estimate of drug-likeness (QED) is 0.361. The molecule has 0 aliphatic carbocycles. The van der Waals surface area contributed by atoms with Crippen LogP contribution in [0, 0.1) is 6.92 Å². The first kappa shape index (κ1) is 23.3. The molecule has 1 N–H and O–H groups in total. The number of anilines is 2. The van der Waals surface area contributed by atoms with E-state index in [0.717, 1.165) is 22.4 Å². The maximum atomic E-state index is 12.7. The minimum absolute atomic E-state index is 0.0433. The Labute approximate surface area is 194 Å². The van der Waals surface area contributed by atoms with Gasteiger partial charge in [0.15, 0.2) is 12.3 Å². The number of benzene rings is 1. The average molecular weight is 471 g/mol. The second kappa shape index (κ2) is 9.20. The van der Waals surface area contributed by atoms with Gasteiger partial charge in [-0.25, -0.2) is 0 Å². The number of hydrogen-bond donors (Lipinski definition) is 1. The lowest BCUT2D eigenvalue weighted by Crippen LogP contribution is -2.20. The molecule has 0 radical (unpaired) electrons. The van der Waals surface area contributed by atoms with Crippen LogP contribution in [0.5, 0.6) is 11.6 Å². The van der Waals surface area contributed by atoms with Gasteiger partial charge in [-0.1, -0.05) is 13.8 Å². The molecule has 7 nitrogen and oxygen atoms in total. The van der Waals surface area contributed by atoms with Crippen LogP contribution in [-0.4, -0.2) is 39.5 Å². The summed E-state index contributed by atoms with van der Waals surface area (Å²) < 4.78 is 49.9. The first-order valence-corrected chi connectivity index (χ1v) is 10.6. The lowest BCUT2D eigenvalue weighted by Gasteiger charge is -2.12. The number of aryl methyl sites for hydroxylation is 1. The lowest BCUT2D eigenvalue weighted by molar-refractivity contribution is -0.154. The van der Waals surface area contributed by atoms with Crippen molar-refractivity contribution in [2.24, 2.45) is 0 Å². The first-order valence-electron chi connectivity index (χ1n) is 10.6. The molecule has 0 saturated heterocycles. The molecule has 34 heavy (non-hydrogen) atoms. The number of rotatable bonds is 7. The highest BCUT2D eigenvalue weighted by molar-refractivity contribution is 5.74. The number of hydrogen-bond acceptors (Lipinski definition) is 6.